The molecule has 8 nitrogen and oxygen atoms in total. The van der Waals surface area contributed by atoms with Crippen molar-refractivity contribution in [3.8, 4) is 17.2 Å². The van der Waals surface area contributed by atoms with E-state index in [1.807, 2.05) is 19.1 Å². The highest BCUT2D eigenvalue weighted by Crippen LogP contribution is 2.35. The number of ether oxygens (including phenoxy) is 3. The van der Waals surface area contributed by atoms with Crippen molar-refractivity contribution in [2.75, 3.05) is 19.2 Å². The van der Waals surface area contributed by atoms with Crippen LogP contribution in [0.15, 0.2) is 71.7 Å². The molecule has 4 aromatic rings. The summed E-state index contributed by atoms with van der Waals surface area (Å²) in [5, 5.41) is 3.09. The van der Waals surface area contributed by atoms with Gasteiger partial charge in [-0.3, -0.25) is 14.4 Å². The topological polar surface area (TPSA) is 95.9 Å². The Hall–Kier alpha value is -4.59. The van der Waals surface area contributed by atoms with Gasteiger partial charge in [0.25, 0.3) is 0 Å². The summed E-state index contributed by atoms with van der Waals surface area (Å²) in [5.41, 5.74) is 1.94. The number of nitrogens with zero attached hydrogens (tertiary/aromatic N) is 1. The minimum atomic E-state index is -0.437. The SMILES string of the molecule is COc1cccc(NC(=O)Cn2cc(C(=O)c3ccc(C)cc3)c(=O)c3cc4c(cc32)OCO4)c1. The number of fused-ring (bicyclic) bond motifs is 2. The number of rotatable bonds is 6. The first-order chi connectivity index (χ1) is 16.9. The van der Waals surface area contributed by atoms with Crippen LogP contribution < -0.4 is 25.0 Å². The van der Waals surface area contributed by atoms with Crippen molar-refractivity contribution in [3.05, 3.63) is 93.8 Å². The lowest BCUT2D eigenvalue weighted by atomic mass is 10.0. The summed E-state index contributed by atoms with van der Waals surface area (Å²) in [7, 11) is 1.55. The zero-order valence-electron chi connectivity index (χ0n) is 19.2. The van der Waals surface area contributed by atoms with E-state index >= 15 is 0 Å². The summed E-state index contributed by atoms with van der Waals surface area (Å²) in [6, 6.07) is 17.2. The number of aromatic nitrogens is 1. The van der Waals surface area contributed by atoms with Gasteiger partial charge in [0, 0.05) is 29.6 Å². The Morgan fingerprint density at radius 1 is 1.03 bits per heavy atom. The first kappa shape index (κ1) is 22.2. The summed E-state index contributed by atoms with van der Waals surface area (Å²) in [4.78, 5) is 39.6. The van der Waals surface area contributed by atoms with Gasteiger partial charge in [0.15, 0.2) is 17.3 Å². The second kappa shape index (κ2) is 8.98. The second-order valence-corrected chi connectivity index (χ2v) is 8.20. The van der Waals surface area contributed by atoms with Gasteiger partial charge in [-0.15, -0.1) is 0 Å². The molecular weight excluding hydrogens is 448 g/mol. The van der Waals surface area contributed by atoms with Gasteiger partial charge in [-0.1, -0.05) is 35.9 Å². The Morgan fingerprint density at radius 3 is 2.51 bits per heavy atom. The number of ketones is 1. The molecule has 1 aromatic heterocycles. The predicted octanol–water partition coefficient (Wildman–Crippen LogP) is 3.92. The number of hydrogen-bond donors (Lipinski definition) is 1. The largest absolute Gasteiger partial charge is 0.497 e. The molecule has 35 heavy (non-hydrogen) atoms. The molecule has 176 valence electrons. The van der Waals surface area contributed by atoms with Gasteiger partial charge in [0.05, 0.1) is 23.6 Å². The fraction of sp³-hybridized carbons (Fsp3) is 0.148. The number of anilines is 1. The van der Waals surface area contributed by atoms with Crippen molar-refractivity contribution in [2.45, 2.75) is 13.5 Å². The average Bonchev–Trinajstić information content (AvgIpc) is 3.32. The normalized spacial score (nSPS) is 11.9. The van der Waals surface area contributed by atoms with Crippen LogP contribution in [0.25, 0.3) is 10.9 Å². The van der Waals surface area contributed by atoms with E-state index in [2.05, 4.69) is 5.32 Å². The van der Waals surface area contributed by atoms with Crippen molar-refractivity contribution >= 4 is 28.3 Å². The fourth-order valence-electron chi connectivity index (χ4n) is 3.99. The van der Waals surface area contributed by atoms with Crippen LogP contribution in [-0.4, -0.2) is 30.2 Å². The maximum Gasteiger partial charge on any atom is 0.244 e. The van der Waals surface area contributed by atoms with Gasteiger partial charge in [-0.2, -0.15) is 0 Å². The quantitative estimate of drug-likeness (QED) is 0.429. The highest BCUT2D eigenvalue weighted by atomic mass is 16.7. The molecule has 0 radical (unpaired) electrons. The standard InChI is InChI=1S/C27H22N2O6/c1-16-6-8-17(9-7-16)26(31)21-13-29(14-25(30)28-18-4-3-5-19(10-18)33-2)22-12-24-23(34-15-35-24)11-20(22)27(21)32/h3-13H,14-15H2,1-2H3,(H,28,30). The fourth-order valence-corrected chi connectivity index (χ4v) is 3.99. The van der Waals surface area contributed by atoms with E-state index in [4.69, 9.17) is 14.2 Å². The van der Waals surface area contributed by atoms with Crippen LogP contribution in [0, 0.1) is 6.92 Å². The predicted molar refractivity (Wildman–Crippen MR) is 131 cm³/mol. The number of carbonyl (C=O) groups is 2. The second-order valence-electron chi connectivity index (χ2n) is 8.20. The molecule has 0 fully saturated rings. The van der Waals surface area contributed by atoms with Crippen molar-refractivity contribution in [2.24, 2.45) is 0 Å². The molecule has 0 unspecified atom stereocenters. The molecule has 0 atom stereocenters. The lowest BCUT2D eigenvalue weighted by Gasteiger charge is -2.14. The Labute approximate surface area is 200 Å². The molecule has 5 rings (SSSR count). The first-order valence-corrected chi connectivity index (χ1v) is 10.9. The summed E-state index contributed by atoms with van der Waals surface area (Å²) in [6.45, 7) is 1.81. The van der Waals surface area contributed by atoms with Crippen molar-refractivity contribution in [1.82, 2.24) is 4.57 Å². The van der Waals surface area contributed by atoms with Crippen LogP contribution in [0.5, 0.6) is 17.2 Å². The average molecular weight is 470 g/mol. The molecule has 3 aromatic carbocycles. The smallest absolute Gasteiger partial charge is 0.244 e. The van der Waals surface area contributed by atoms with Crippen molar-refractivity contribution in [1.29, 1.82) is 0 Å². The molecule has 0 saturated heterocycles. The van der Waals surface area contributed by atoms with Gasteiger partial charge >= 0.3 is 0 Å². The number of nitrogens with one attached hydrogen (secondary N) is 1. The number of benzene rings is 3. The summed E-state index contributed by atoms with van der Waals surface area (Å²) >= 11 is 0. The van der Waals surface area contributed by atoms with E-state index in [1.165, 1.54) is 6.20 Å². The Balaban J connectivity index is 1.57. The van der Waals surface area contributed by atoms with Crippen molar-refractivity contribution < 1.29 is 23.8 Å². The van der Waals surface area contributed by atoms with Crippen LogP contribution >= 0.6 is 0 Å². The molecule has 0 spiro atoms. The third kappa shape index (κ3) is 4.33. The molecule has 1 amide bonds. The van der Waals surface area contributed by atoms with Crippen LogP contribution in [0.4, 0.5) is 5.69 Å². The number of pyridine rings is 1. The van der Waals surface area contributed by atoms with Crippen LogP contribution in [-0.2, 0) is 11.3 Å². The maximum atomic E-state index is 13.4. The highest BCUT2D eigenvalue weighted by Gasteiger charge is 2.22. The summed E-state index contributed by atoms with van der Waals surface area (Å²) in [6.07, 6.45) is 1.43. The van der Waals surface area contributed by atoms with Gasteiger partial charge in [-0.05, 0) is 25.1 Å². The van der Waals surface area contributed by atoms with Crippen LogP contribution in [0.1, 0.15) is 21.5 Å². The number of aryl methyl sites for hydroxylation is 1. The highest BCUT2D eigenvalue weighted by molar-refractivity contribution is 6.10. The maximum absolute atomic E-state index is 13.4. The van der Waals surface area contributed by atoms with E-state index in [9.17, 15) is 14.4 Å². The molecular formula is C27H22N2O6. The van der Waals surface area contributed by atoms with E-state index in [1.54, 1.807) is 60.2 Å². The molecule has 1 aliphatic rings. The Kier molecular flexibility index (Phi) is 5.70. The zero-order chi connectivity index (χ0) is 24.5. The molecule has 1 aliphatic heterocycles. The molecule has 0 saturated carbocycles. The molecule has 0 bridgehead atoms. The minimum Gasteiger partial charge on any atom is -0.497 e. The van der Waals surface area contributed by atoms with Gasteiger partial charge in [0.1, 0.15) is 12.3 Å². The van der Waals surface area contributed by atoms with Crippen LogP contribution in [0.2, 0.25) is 0 Å². The third-order valence-corrected chi connectivity index (χ3v) is 5.80. The van der Waals surface area contributed by atoms with Crippen molar-refractivity contribution in [3.63, 3.8) is 0 Å². The number of methoxy groups -OCH3 is 1. The monoisotopic (exact) mass is 470 g/mol. The summed E-state index contributed by atoms with van der Waals surface area (Å²) in [5.74, 6) is 0.736. The first-order valence-electron chi connectivity index (χ1n) is 10.9. The van der Waals surface area contributed by atoms with Gasteiger partial charge in [0.2, 0.25) is 18.1 Å². The van der Waals surface area contributed by atoms with Gasteiger partial charge < -0.3 is 24.1 Å². The third-order valence-electron chi connectivity index (χ3n) is 5.80. The molecule has 0 aliphatic carbocycles. The number of amides is 1. The zero-order valence-corrected chi connectivity index (χ0v) is 19.2. The Bertz CT molecular complexity index is 1520. The van der Waals surface area contributed by atoms with Crippen LogP contribution in [0.3, 0.4) is 0 Å². The van der Waals surface area contributed by atoms with E-state index < -0.39 is 11.2 Å². The molecule has 8 heteroatoms. The molecule has 2 heterocycles. The number of hydrogen-bond acceptors (Lipinski definition) is 6. The Morgan fingerprint density at radius 2 is 1.77 bits per heavy atom. The lowest BCUT2D eigenvalue weighted by Crippen LogP contribution is -2.24. The van der Waals surface area contributed by atoms with Gasteiger partial charge in [-0.25, -0.2) is 0 Å². The van der Waals surface area contributed by atoms with E-state index in [0.29, 0.717) is 34.0 Å². The van der Waals surface area contributed by atoms with E-state index in [-0.39, 0.29) is 30.2 Å². The van der Waals surface area contributed by atoms with E-state index in [0.717, 1.165) is 5.56 Å². The number of carbonyl (C=O) groups excluding carboxylic acids is 2. The molecule has 1 N–H and O–H groups in total. The minimum absolute atomic E-state index is 0.0330. The lowest BCUT2D eigenvalue weighted by molar-refractivity contribution is -0.116. The summed E-state index contributed by atoms with van der Waals surface area (Å²) < 4.78 is 17.7.